The van der Waals surface area contributed by atoms with Crippen LogP contribution in [0.15, 0.2) is 24.3 Å². The van der Waals surface area contributed by atoms with Crippen molar-refractivity contribution in [2.24, 2.45) is 5.92 Å². The van der Waals surface area contributed by atoms with Gasteiger partial charge >= 0.3 is 6.03 Å². The van der Waals surface area contributed by atoms with E-state index in [9.17, 15) is 4.79 Å². The molecule has 2 fully saturated rings. The Hall–Kier alpha value is -2.52. The first-order valence-corrected chi connectivity index (χ1v) is 10.7. The van der Waals surface area contributed by atoms with Crippen LogP contribution in [-0.4, -0.2) is 59.2 Å². The van der Waals surface area contributed by atoms with Crippen LogP contribution in [0, 0.1) is 17.8 Å². The molecule has 0 saturated carbocycles. The number of likely N-dealkylation sites (tertiary alicyclic amines) is 1. The molecule has 29 heavy (non-hydrogen) atoms. The van der Waals surface area contributed by atoms with Crippen molar-refractivity contribution < 1.29 is 4.79 Å². The first kappa shape index (κ1) is 19.8. The molecule has 0 bridgehead atoms. The molecule has 4 rings (SSSR count). The van der Waals surface area contributed by atoms with E-state index >= 15 is 0 Å². The SMILES string of the molecule is CC(C)C#CCNC(=O)n1c(N2CCC3(CCCN3C)CC2)nc2ccccc21. The van der Waals surface area contributed by atoms with Gasteiger partial charge in [-0.3, -0.25) is 0 Å². The minimum absolute atomic E-state index is 0.162. The molecule has 0 radical (unpaired) electrons. The molecule has 6 nitrogen and oxygen atoms in total. The number of para-hydroxylation sites is 2. The number of rotatable bonds is 2. The van der Waals surface area contributed by atoms with E-state index in [1.165, 1.54) is 19.4 Å². The molecule has 1 aromatic heterocycles. The van der Waals surface area contributed by atoms with E-state index in [1.807, 2.05) is 38.1 Å². The highest BCUT2D eigenvalue weighted by Crippen LogP contribution is 2.38. The van der Waals surface area contributed by atoms with Gasteiger partial charge < -0.3 is 15.1 Å². The third-order valence-corrected chi connectivity index (χ3v) is 6.39. The lowest BCUT2D eigenvalue weighted by molar-refractivity contribution is 0.137. The average molecular weight is 394 g/mol. The van der Waals surface area contributed by atoms with Crippen molar-refractivity contribution in [2.75, 3.05) is 38.1 Å². The highest BCUT2D eigenvalue weighted by Gasteiger charge is 2.41. The van der Waals surface area contributed by atoms with Crippen molar-refractivity contribution in [3.8, 4) is 11.8 Å². The number of nitrogens with zero attached hydrogens (tertiary/aromatic N) is 4. The number of hydrogen-bond donors (Lipinski definition) is 1. The number of nitrogens with one attached hydrogen (secondary N) is 1. The van der Waals surface area contributed by atoms with Crippen LogP contribution in [0.3, 0.4) is 0 Å². The van der Waals surface area contributed by atoms with E-state index in [0.717, 1.165) is 42.9 Å². The molecule has 1 amide bonds. The molecule has 1 N–H and O–H groups in total. The fraction of sp³-hybridized carbons (Fsp3) is 0.565. The standard InChI is InChI=1S/C23H31N5O/c1-18(2)8-6-14-24-22(29)28-20-10-5-4-9-19(20)25-21(28)27-16-12-23(13-17-27)11-7-15-26(23)3/h4-5,9-10,18H,7,11-17H2,1-3H3,(H,24,29). The maximum absolute atomic E-state index is 13.0. The van der Waals surface area contributed by atoms with Gasteiger partial charge in [-0.1, -0.05) is 37.8 Å². The summed E-state index contributed by atoms with van der Waals surface area (Å²) < 4.78 is 1.72. The lowest BCUT2D eigenvalue weighted by Gasteiger charge is -2.44. The van der Waals surface area contributed by atoms with Gasteiger partial charge in [0.2, 0.25) is 5.95 Å². The van der Waals surface area contributed by atoms with Crippen LogP contribution in [0.2, 0.25) is 0 Å². The molecule has 2 aliphatic heterocycles. The average Bonchev–Trinajstić information content (AvgIpc) is 3.27. The summed E-state index contributed by atoms with van der Waals surface area (Å²) in [6.45, 7) is 7.47. The summed E-state index contributed by atoms with van der Waals surface area (Å²) in [5, 5.41) is 2.94. The van der Waals surface area contributed by atoms with Crippen LogP contribution in [0.25, 0.3) is 11.0 Å². The summed E-state index contributed by atoms with van der Waals surface area (Å²) in [6, 6.07) is 7.69. The smallest absolute Gasteiger partial charge is 0.329 e. The second kappa shape index (κ2) is 8.08. The molecule has 1 aromatic carbocycles. The molecule has 2 aromatic rings. The maximum Gasteiger partial charge on any atom is 0.329 e. The van der Waals surface area contributed by atoms with Crippen LogP contribution in [0.1, 0.15) is 39.5 Å². The number of piperidine rings is 1. The largest absolute Gasteiger partial charge is 0.342 e. The lowest BCUT2D eigenvalue weighted by Crippen LogP contribution is -2.51. The Morgan fingerprint density at radius 3 is 2.66 bits per heavy atom. The molecule has 1 spiro atoms. The predicted octanol–water partition coefficient (Wildman–Crippen LogP) is 3.32. The first-order chi connectivity index (χ1) is 14.0. The summed E-state index contributed by atoms with van der Waals surface area (Å²) in [6.07, 6.45) is 4.81. The lowest BCUT2D eigenvalue weighted by atomic mass is 9.85. The van der Waals surface area contributed by atoms with Crippen LogP contribution < -0.4 is 10.2 Å². The molecular weight excluding hydrogens is 362 g/mol. The number of imidazole rings is 1. The fourth-order valence-corrected chi connectivity index (χ4v) is 4.71. The molecule has 2 aliphatic rings. The Morgan fingerprint density at radius 1 is 1.21 bits per heavy atom. The molecule has 0 unspecified atom stereocenters. The van der Waals surface area contributed by atoms with Gasteiger partial charge in [0.1, 0.15) is 0 Å². The van der Waals surface area contributed by atoms with Crippen molar-refractivity contribution >= 4 is 23.0 Å². The number of anilines is 1. The Bertz CT molecular complexity index is 943. The third kappa shape index (κ3) is 3.84. The number of carbonyl (C=O) groups excluding carboxylic acids is 1. The van der Waals surface area contributed by atoms with Gasteiger partial charge in [0.25, 0.3) is 0 Å². The van der Waals surface area contributed by atoms with Crippen LogP contribution in [0.4, 0.5) is 10.7 Å². The van der Waals surface area contributed by atoms with Crippen molar-refractivity contribution in [2.45, 2.75) is 45.1 Å². The molecule has 2 saturated heterocycles. The Balaban J connectivity index is 1.57. The van der Waals surface area contributed by atoms with E-state index in [0.29, 0.717) is 18.0 Å². The van der Waals surface area contributed by atoms with Gasteiger partial charge in [-0.2, -0.15) is 0 Å². The third-order valence-electron chi connectivity index (χ3n) is 6.39. The van der Waals surface area contributed by atoms with Gasteiger partial charge in [0, 0.05) is 24.5 Å². The highest BCUT2D eigenvalue weighted by atomic mass is 16.2. The van der Waals surface area contributed by atoms with Gasteiger partial charge in [-0.15, -0.1) is 0 Å². The number of amides is 1. The van der Waals surface area contributed by atoms with E-state index in [2.05, 4.69) is 34.0 Å². The number of aromatic nitrogens is 2. The quantitative estimate of drug-likeness (QED) is 0.796. The van der Waals surface area contributed by atoms with Crippen molar-refractivity contribution in [1.82, 2.24) is 19.8 Å². The first-order valence-electron chi connectivity index (χ1n) is 10.7. The van der Waals surface area contributed by atoms with Crippen molar-refractivity contribution in [1.29, 1.82) is 0 Å². The summed E-state index contributed by atoms with van der Waals surface area (Å²) in [5.41, 5.74) is 2.03. The predicted molar refractivity (Wildman–Crippen MR) is 117 cm³/mol. The Labute approximate surface area is 173 Å². The summed E-state index contributed by atoms with van der Waals surface area (Å²) in [7, 11) is 2.25. The monoisotopic (exact) mass is 393 g/mol. The number of carbonyl (C=O) groups is 1. The second-order valence-electron chi connectivity index (χ2n) is 8.61. The van der Waals surface area contributed by atoms with Gasteiger partial charge in [0.05, 0.1) is 17.6 Å². The normalized spacial score (nSPS) is 19.0. The van der Waals surface area contributed by atoms with E-state index in [4.69, 9.17) is 4.98 Å². The molecule has 0 atom stereocenters. The Kier molecular flexibility index (Phi) is 5.51. The summed E-state index contributed by atoms with van der Waals surface area (Å²) in [4.78, 5) is 22.7. The van der Waals surface area contributed by atoms with E-state index < -0.39 is 0 Å². The number of benzene rings is 1. The van der Waals surface area contributed by atoms with Crippen molar-refractivity contribution in [3.05, 3.63) is 24.3 Å². The molecule has 0 aliphatic carbocycles. The summed E-state index contributed by atoms with van der Waals surface area (Å²) >= 11 is 0. The van der Waals surface area contributed by atoms with Gasteiger partial charge in [0.15, 0.2) is 0 Å². The van der Waals surface area contributed by atoms with E-state index in [1.54, 1.807) is 4.57 Å². The minimum atomic E-state index is -0.162. The number of fused-ring (bicyclic) bond motifs is 1. The minimum Gasteiger partial charge on any atom is -0.342 e. The maximum atomic E-state index is 13.0. The molecule has 6 heteroatoms. The van der Waals surface area contributed by atoms with Gasteiger partial charge in [-0.05, 0) is 51.4 Å². The zero-order valence-corrected chi connectivity index (χ0v) is 17.7. The molecule has 3 heterocycles. The fourth-order valence-electron chi connectivity index (χ4n) is 4.71. The summed E-state index contributed by atoms with van der Waals surface area (Å²) in [5.74, 6) is 7.16. The Morgan fingerprint density at radius 2 is 1.97 bits per heavy atom. The van der Waals surface area contributed by atoms with Crippen LogP contribution >= 0.6 is 0 Å². The van der Waals surface area contributed by atoms with Crippen molar-refractivity contribution in [3.63, 3.8) is 0 Å². The number of hydrogen-bond acceptors (Lipinski definition) is 4. The van der Waals surface area contributed by atoms with Crippen LogP contribution in [0.5, 0.6) is 0 Å². The topological polar surface area (TPSA) is 53.4 Å². The van der Waals surface area contributed by atoms with Gasteiger partial charge in [-0.25, -0.2) is 14.3 Å². The highest BCUT2D eigenvalue weighted by molar-refractivity contribution is 5.93. The van der Waals surface area contributed by atoms with Crippen LogP contribution in [-0.2, 0) is 0 Å². The molecule has 154 valence electrons. The zero-order valence-electron chi connectivity index (χ0n) is 17.7. The molecular formula is C23H31N5O. The second-order valence-corrected chi connectivity index (χ2v) is 8.61. The van der Waals surface area contributed by atoms with E-state index in [-0.39, 0.29) is 6.03 Å². The zero-order chi connectivity index (χ0) is 20.4.